The summed E-state index contributed by atoms with van der Waals surface area (Å²) in [5.41, 5.74) is 1.12. The Morgan fingerprint density at radius 2 is 1.69 bits per heavy atom. The van der Waals surface area contributed by atoms with E-state index in [1.807, 2.05) is 6.92 Å². The summed E-state index contributed by atoms with van der Waals surface area (Å²) in [5, 5.41) is 5.57. The maximum Gasteiger partial charge on any atom is 0.387 e. The predicted molar refractivity (Wildman–Crippen MR) is 116 cm³/mol. The van der Waals surface area contributed by atoms with Crippen LogP contribution < -0.4 is 20.1 Å². The van der Waals surface area contributed by atoms with Crippen LogP contribution in [0.5, 0.6) is 11.5 Å². The number of alkyl halides is 2. The number of rotatable bonds is 12. The van der Waals surface area contributed by atoms with Crippen LogP contribution in [0.15, 0.2) is 48.5 Å². The fraction of sp³-hybridized carbons (Fsp3) is 0.417. The van der Waals surface area contributed by atoms with E-state index in [4.69, 9.17) is 4.74 Å². The molecule has 0 unspecified atom stereocenters. The summed E-state index contributed by atoms with van der Waals surface area (Å²) in [6.07, 6.45) is 3.36. The molecule has 2 aromatic rings. The van der Waals surface area contributed by atoms with E-state index in [1.54, 1.807) is 36.4 Å². The van der Waals surface area contributed by atoms with E-state index in [2.05, 4.69) is 15.4 Å². The Hall–Kier alpha value is -3.16. The third-order valence-corrected chi connectivity index (χ3v) is 5.06. The van der Waals surface area contributed by atoms with E-state index >= 15 is 0 Å². The van der Waals surface area contributed by atoms with Crippen LogP contribution in [0.4, 0.5) is 8.78 Å². The summed E-state index contributed by atoms with van der Waals surface area (Å²) in [6.45, 7) is 0.201. The Balaban J connectivity index is 1.63. The van der Waals surface area contributed by atoms with Crippen molar-refractivity contribution >= 4 is 11.8 Å². The van der Waals surface area contributed by atoms with Gasteiger partial charge in [0.15, 0.2) is 0 Å². The standard InChI is InChI=1S/C24H28F2N2O4/c1-2-13-27-23(30)21(14-16-5-9-20(10-6-16)32-24(25)26)28-22(29)18-7-11-19(12-8-18)31-15-17-3-4-17/h5-12,17,21,24H,2-4,13-15H2,1H3,(H,27,30)(H,28,29)/t21-/m0/s1. The van der Waals surface area contributed by atoms with Crippen molar-refractivity contribution in [3.63, 3.8) is 0 Å². The van der Waals surface area contributed by atoms with Crippen LogP contribution in [-0.4, -0.2) is 37.6 Å². The maximum absolute atomic E-state index is 12.8. The second-order valence-electron chi connectivity index (χ2n) is 7.82. The lowest BCUT2D eigenvalue weighted by Gasteiger charge is -2.19. The fourth-order valence-electron chi connectivity index (χ4n) is 3.07. The zero-order valence-electron chi connectivity index (χ0n) is 18.0. The Morgan fingerprint density at radius 3 is 2.28 bits per heavy atom. The largest absolute Gasteiger partial charge is 0.493 e. The molecule has 0 spiro atoms. The molecule has 32 heavy (non-hydrogen) atoms. The van der Waals surface area contributed by atoms with Crippen molar-refractivity contribution in [1.82, 2.24) is 10.6 Å². The Morgan fingerprint density at radius 1 is 1.03 bits per heavy atom. The van der Waals surface area contributed by atoms with Crippen LogP contribution in [-0.2, 0) is 11.2 Å². The average molecular weight is 446 g/mol. The van der Waals surface area contributed by atoms with Crippen LogP contribution in [0.1, 0.15) is 42.1 Å². The minimum atomic E-state index is -2.90. The molecule has 2 amide bonds. The molecule has 8 heteroatoms. The highest BCUT2D eigenvalue weighted by Crippen LogP contribution is 2.29. The molecule has 1 fully saturated rings. The summed E-state index contributed by atoms with van der Waals surface area (Å²) in [6, 6.07) is 12.0. The van der Waals surface area contributed by atoms with Gasteiger partial charge in [-0.15, -0.1) is 0 Å². The van der Waals surface area contributed by atoms with Gasteiger partial charge in [-0.1, -0.05) is 19.1 Å². The second-order valence-corrected chi connectivity index (χ2v) is 7.82. The third kappa shape index (κ3) is 7.51. The first-order chi connectivity index (χ1) is 15.4. The molecule has 1 aliphatic rings. The molecule has 1 atom stereocenters. The number of hydrogen-bond acceptors (Lipinski definition) is 4. The van der Waals surface area contributed by atoms with Crippen LogP contribution in [0.3, 0.4) is 0 Å². The quantitative estimate of drug-likeness (QED) is 0.518. The highest BCUT2D eigenvalue weighted by molar-refractivity contribution is 5.97. The maximum atomic E-state index is 12.8. The molecule has 0 aliphatic heterocycles. The zero-order chi connectivity index (χ0) is 22.9. The van der Waals surface area contributed by atoms with E-state index in [0.717, 1.165) is 6.42 Å². The van der Waals surface area contributed by atoms with Crippen molar-refractivity contribution in [1.29, 1.82) is 0 Å². The Kier molecular flexibility index (Phi) is 8.41. The van der Waals surface area contributed by atoms with Gasteiger partial charge >= 0.3 is 6.61 Å². The number of benzene rings is 2. The van der Waals surface area contributed by atoms with Crippen molar-refractivity contribution in [3.8, 4) is 11.5 Å². The fourth-order valence-corrected chi connectivity index (χ4v) is 3.07. The van der Waals surface area contributed by atoms with Gasteiger partial charge in [-0.2, -0.15) is 8.78 Å². The smallest absolute Gasteiger partial charge is 0.387 e. The minimum Gasteiger partial charge on any atom is -0.493 e. The van der Waals surface area contributed by atoms with Gasteiger partial charge in [0, 0.05) is 18.5 Å². The van der Waals surface area contributed by atoms with Gasteiger partial charge in [0.05, 0.1) is 6.61 Å². The van der Waals surface area contributed by atoms with E-state index in [-0.39, 0.29) is 24.0 Å². The highest BCUT2D eigenvalue weighted by atomic mass is 19.3. The van der Waals surface area contributed by atoms with Gasteiger partial charge in [0.25, 0.3) is 5.91 Å². The number of ether oxygens (including phenoxy) is 2. The van der Waals surface area contributed by atoms with Crippen molar-refractivity contribution in [2.75, 3.05) is 13.2 Å². The predicted octanol–water partition coefficient (Wildman–Crippen LogP) is 3.94. The molecule has 0 saturated heterocycles. The average Bonchev–Trinajstić information content (AvgIpc) is 3.61. The molecular formula is C24H28F2N2O4. The van der Waals surface area contributed by atoms with Gasteiger partial charge in [-0.25, -0.2) is 0 Å². The van der Waals surface area contributed by atoms with Crippen molar-refractivity contribution in [2.24, 2.45) is 5.92 Å². The monoisotopic (exact) mass is 446 g/mol. The molecule has 3 rings (SSSR count). The second kappa shape index (κ2) is 11.5. The van der Waals surface area contributed by atoms with Crippen LogP contribution in [0, 0.1) is 5.92 Å². The first-order valence-corrected chi connectivity index (χ1v) is 10.8. The van der Waals surface area contributed by atoms with Gasteiger partial charge in [0.1, 0.15) is 17.5 Å². The molecule has 0 radical (unpaired) electrons. The molecule has 0 bridgehead atoms. The number of carbonyl (C=O) groups is 2. The van der Waals surface area contributed by atoms with E-state index in [1.165, 1.54) is 25.0 Å². The number of nitrogens with one attached hydrogen (secondary N) is 2. The van der Waals surface area contributed by atoms with E-state index in [9.17, 15) is 18.4 Å². The zero-order valence-corrected chi connectivity index (χ0v) is 18.0. The number of amides is 2. The normalized spacial score (nSPS) is 14.0. The summed E-state index contributed by atoms with van der Waals surface area (Å²) in [5.74, 6) is 0.683. The molecule has 0 heterocycles. The number of halogens is 2. The number of hydrogen-bond donors (Lipinski definition) is 2. The van der Waals surface area contributed by atoms with Gasteiger partial charge < -0.3 is 20.1 Å². The lowest BCUT2D eigenvalue weighted by atomic mass is 10.0. The first kappa shape index (κ1) is 23.5. The van der Waals surface area contributed by atoms with Crippen molar-refractivity contribution in [2.45, 2.75) is 45.3 Å². The van der Waals surface area contributed by atoms with Gasteiger partial charge in [-0.05, 0) is 67.1 Å². The van der Waals surface area contributed by atoms with Crippen LogP contribution >= 0.6 is 0 Å². The lowest BCUT2D eigenvalue weighted by molar-refractivity contribution is -0.122. The molecule has 2 aromatic carbocycles. The van der Waals surface area contributed by atoms with E-state index in [0.29, 0.717) is 35.9 Å². The first-order valence-electron chi connectivity index (χ1n) is 10.8. The van der Waals surface area contributed by atoms with E-state index < -0.39 is 12.7 Å². The van der Waals surface area contributed by atoms with Crippen LogP contribution in [0.2, 0.25) is 0 Å². The molecule has 172 valence electrons. The minimum absolute atomic E-state index is 0.0313. The summed E-state index contributed by atoms with van der Waals surface area (Å²) in [4.78, 5) is 25.4. The van der Waals surface area contributed by atoms with Crippen molar-refractivity contribution < 1.29 is 27.8 Å². The molecule has 6 nitrogen and oxygen atoms in total. The Labute approximate surface area is 186 Å². The van der Waals surface area contributed by atoms with Crippen molar-refractivity contribution in [3.05, 3.63) is 59.7 Å². The summed E-state index contributed by atoms with van der Waals surface area (Å²) >= 11 is 0. The van der Waals surface area contributed by atoms with Gasteiger partial charge in [-0.3, -0.25) is 9.59 Å². The molecular weight excluding hydrogens is 418 g/mol. The SMILES string of the molecule is CCCNC(=O)[C@H](Cc1ccc(OC(F)F)cc1)NC(=O)c1ccc(OCC2CC2)cc1. The highest BCUT2D eigenvalue weighted by Gasteiger charge is 2.23. The van der Waals surface area contributed by atoms with Gasteiger partial charge in [0.2, 0.25) is 5.91 Å². The summed E-state index contributed by atoms with van der Waals surface area (Å²) < 4.78 is 34.7. The molecule has 1 saturated carbocycles. The third-order valence-electron chi connectivity index (χ3n) is 5.06. The molecule has 2 N–H and O–H groups in total. The lowest BCUT2D eigenvalue weighted by Crippen LogP contribution is -2.48. The molecule has 0 aromatic heterocycles. The summed E-state index contributed by atoms with van der Waals surface area (Å²) in [7, 11) is 0. The Bertz CT molecular complexity index is 884. The number of carbonyl (C=O) groups excluding carboxylic acids is 2. The molecule has 1 aliphatic carbocycles. The topological polar surface area (TPSA) is 76.7 Å². The van der Waals surface area contributed by atoms with Crippen LogP contribution in [0.25, 0.3) is 0 Å².